The maximum atomic E-state index is 13.8. The number of carbonyl (C=O) groups is 1. The number of benzene rings is 2. The standard InChI is InChI=1S/C14H9Cl2FO2/c15-10-4-2-5-11(16)14(10)8-3-1-6-12(17)9(8)7-13(18)19/h1-6H,7H2,(H,18,19). The van der Waals surface area contributed by atoms with Gasteiger partial charge in [0.25, 0.3) is 0 Å². The fourth-order valence-corrected chi connectivity index (χ4v) is 2.48. The van der Waals surface area contributed by atoms with Crippen molar-refractivity contribution in [2.24, 2.45) is 0 Å². The molecule has 0 bridgehead atoms. The second-order valence-electron chi connectivity index (χ2n) is 3.93. The van der Waals surface area contributed by atoms with Gasteiger partial charge in [0.2, 0.25) is 0 Å². The topological polar surface area (TPSA) is 37.3 Å². The molecule has 98 valence electrons. The number of carboxylic acid groups (broad SMARTS) is 1. The van der Waals surface area contributed by atoms with E-state index in [2.05, 4.69) is 0 Å². The Labute approximate surface area is 119 Å². The van der Waals surface area contributed by atoms with E-state index in [9.17, 15) is 9.18 Å². The van der Waals surface area contributed by atoms with Crippen molar-refractivity contribution in [3.8, 4) is 11.1 Å². The van der Waals surface area contributed by atoms with Crippen LogP contribution in [0.3, 0.4) is 0 Å². The summed E-state index contributed by atoms with van der Waals surface area (Å²) in [7, 11) is 0. The number of carboxylic acids is 1. The molecule has 0 saturated carbocycles. The molecule has 0 atom stereocenters. The minimum absolute atomic E-state index is 0.0741. The summed E-state index contributed by atoms with van der Waals surface area (Å²) in [5.41, 5.74) is 0.921. The van der Waals surface area contributed by atoms with Crippen molar-refractivity contribution in [2.75, 3.05) is 0 Å². The molecule has 1 N–H and O–H groups in total. The lowest BCUT2D eigenvalue weighted by atomic mass is 9.97. The molecule has 0 saturated heterocycles. The van der Waals surface area contributed by atoms with Gasteiger partial charge in [-0.25, -0.2) is 4.39 Å². The van der Waals surface area contributed by atoms with Crippen molar-refractivity contribution in [3.05, 3.63) is 57.8 Å². The van der Waals surface area contributed by atoms with Crippen LogP contribution in [0.2, 0.25) is 10.0 Å². The Morgan fingerprint density at radius 3 is 2.26 bits per heavy atom. The van der Waals surface area contributed by atoms with Crippen LogP contribution in [0.1, 0.15) is 5.56 Å². The van der Waals surface area contributed by atoms with Crippen LogP contribution in [0, 0.1) is 5.82 Å². The summed E-state index contributed by atoms with van der Waals surface area (Å²) in [5, 5.41) is 9.57. The van der Waals surface area contributed by atoms with Crippen LogP contribution in [-0.4, -0.2) is 11.1 Å². The Hall–Kier alpha value is -1.58. The Bertz CT molecular complexity index is 621. The second kappa shape index (κ2) is 5.59. The quantitative estimate of drug-likeness (QED) is 0.910. The zero-order valence-electron chi connectivity index (χ0n) is 9.66. The third kappa shape index (κ3) is 2.88. The molecule has 5 heteroatoms. The number of aliphatic carboxylic acids is 1. The molecule has 0 radical (unpaired) electrons. The first-order chi connectivity index (χ1) is 9.00. The van der Waals surface area contributed by atoms with Crippen molar-refractivity contribution in [3.63, 3.8) is 0 Å². The van der Waals surface area contributed by atoms with E-state index in [1.54, 1.807) is 24.3 Å². The fraction of sp³-hybridized carbons (Fsp3) is 0.0714. The van der Waals surface area contributed by atoms with E-state index in [0.29, 0.717) is 21.2 Å². The summed E-state index contributed by atoms with van der Waals surface area (Å²) in [6, 6.07) is 9.23. The zero-order valence-corrected chi connectivity index (χ0v) is 11.2. The smallest absolute Gasteiger partial charge is 0.307 e. The molecule has 0 aromatic heterocycles. The van der Waals surface area contributed by atoms with Crippen molar-refractivity contribution >= 4 is 29.2 Å². The molecule has 0 aliphatic heterocycles. The molecule has 0 fully saturated rings. The monoisotopic (exact) mass is 298 g/mol. The molecular weight excluding hydrogens is 290 g/mol. The summed E-state index contributed by atoms with van der Waals surface area (Å²) in [6.45, 7) is 0. The van der Waals surface area contributed by atoms with Gasteiger partial charge in [0, 0.05) is 21.2 Å². The molecule has 19 heavy (non-hydrogen) atoms. The van der Waals surface area contributed by atoms with E-state index >= 15 is 0 Å². The summed E-state index contributed by atoms with van der Waals surface area (Å²) >= 11 is 12.1. The lowest BCUT2D eigenvalue weighted by Crippen LogP contribution is -2.04. The molecular formula is C14H9Cl2FO2. The van der Waals surface area contributed by atoms with Gasteiger partial charge >= 0.3 is 5.97 Å². The predicted octanol–water partition coefficient (Wildman–Crippen LogP) is 4.43. The third-order valence-corrected chi connectivity index (χ3v) is 3.31. The Kier molecular flexibility index (Phi) is 4.08. The van der Waals surface area contributed by atoms with Gasteiger partial charge in [-0.2, -0.15) is 0 Å². The van der Waals surface area contributed by atoms with Gasteiger partial charge in [-0.15, -0.1) is 0 Å². The molecule has 0 amide bonds. The van der Waals surface area contributed by atoms with Crippen molar-refractivity contribution in [1.29, 1.82) is 0 Å². The lowest BCUT2D eigenvalue weighted by Gasteiger charge is -2.12. The molecule has 0 aliphatic carbocycles. The van der Waals surface area contributed by atoms with Crippen LogP contribution in [0.4, 0.5) is 4.39 Å². The van der Waals surface area contributed by atoms with Gasteiger partial charge in [-0.3, -0.25) is 4.79 Å². The first-order valence-corrected chi connectivity index (χ1v) is 6.20. The van der Waals surface area contributed by atoms with Crippen molar-refractivity contribution in [2.45, 2.75) is 6.42 Å². The first-order valence-electron chi connectivity index (χ1n) is 5.44. The Balaban J connectivity index is 2.69. The van der Waals surface area contributed by atoms with Gasteiger partial charge in [0.05, 0.1) is 6.42 Å². The molecule has 0 unspecified atom stereocenters. The Morgan fingerprint density at radius 2 is 1.68 bits per heavy atom. The van der Waals surface area contributed by atoms with Crippen LogP contribution in [0.5, 0.6) is 0 Å². The van der Waals surface area contributed by atoms with Crippen LogP contribution < -0.4 is 0 Å². The molecule has 2 nitrogen and oxygen atoms in total. The highest BCUT2D eigenvalue weighted by Gasteiger charge is 2.17. The van der Waals surface area contributed by atoms with E-state index in [-0.39, 0.29) is 5.56 Å². The lowest BCUT2D eigenvalue weighted by molar-refractivity contribution is -0.136. The average Bonchev–Trinajstić information content (AvgIpc) is 2.32. The Morgan fingerprint density at radius 1 is 1.11 bits per heavy atom. The molecule has 2 aromatic carbocycles. The second-order valence-corrected chi connectivity index (χ2v) is 4.75. The fourth-order valence-electron chi connectivity index (χ4n) is 1.88. The van der Waals surface area contributed by atoms with Gasteiger partial charge < -0.3 is 5.11 Å². The van der Waals surface area contributed by atoms with Crippen LogP contribution in [0.25, 0.3) is 11.1 Å². The van der Waals surface area contributed by atoms with Crippen molar-refractivity contribution < 1.29 is 14.3 Å². The number of rotatable bonds is 3. The van der Waals surface area contributed by atoms with E-state index in [4.69, 9.17) is 28.3 Å². The predicted molar refractivity (Wildman–Crippen MR) is 73.2 cm³/mol. The highest BCUT2D eigenvalue weighted by molar-refractivity contribution is 6.39. The number of halogens is 3. The number of hydrogen-bond acceptors (Lipinski definition) is 1. The van der Waals surface area contributed by atoms with Gasteiger partial charge in [0.1, 0.15) is 5.82 Å². The third-order valence-electron chi connectivity index (χ3n) is 2.68. The molecule has 0 aliphatic rings. The minimum Gasteiger partial charge on any atom is -0.481 e. The number of hydrogen-bond donors (Lipinski definition) is 1. The molecule has 0 heterocycles. The first kappa shape index (κ1) is 13.8. The maximum Gasteiger partial charge on any atom is 0.307 e. The van der Waals surface area contributed by atoms with Gasteiger partial charge in [-0.1, -0.05) is 41.4 Å². The summed E-state index contributed by atoms with van der Waals surface area (Å²) in [4.78, 5) is 10.8. The SMILES string of the molecule is O=C(O)Cc1c(F)cccc1-c1c(Cl)cccc1Cl. The summed E-state index contributed by atoms with van der Waals surface area (Å²) in [5.74, 6) is -1.70. The zero-order chi connectivity index (χ0) is 14.0. The van der Waals surface area contributed by atoms with E-state index in [1.165, 1.54) is 12.1 Å². The van der Waals surface area contributed by atoms with Gasteiger partial charge in [-0.05, 0) is 23.8 Å². The molecule has 2 aromatic rings. The minimum atomic E-state index is -1.12. The van der Waals surface area contributed by atoms with E-state index in [0.717, 1.165) is 0 Å². The van der Waals surface area contributed by atoms with Crippen LogP contribution in [0.15, 0.2) is 36.4 Å². The largest absolute Gasteiger partial charge is 0.481 e. The van der Waals surface area contributed by atoms with Gasteiger partial charge in [0.15, 0.2) is 0 Å². The average molecular weight is 299 g/mol. The summed E-state index contributed by atoms with van der Waals surface area (Å²) < 4.78 is 13.8. The highest BCUT2D eigenvalue weighted by Crippen LogP contribution is 2.37. The maximum absolute atomic E-state index is 13.8. The van der Waals surface area contributed by atoms with Crippen molar-refractivity contribution in [1.82, 2.24) is 0 Å². The van der Waals surface area contributed by atoms with Crippen LogP contribution in [-0.2, 0) is 11.2 Å². The highest BCUT2D eigenvalue weighted by atomic mass is 35.5. The summed E-state index contributed by atoms with van der Waals surface area (Å²) in [6.07, 6.45) is -0.427. The van der Waals surface area contributed by atoms with E-state index in [1.807, 2.05) is 0 Å². The van der Waals surface area contributed by atoms with E-state index < -0.39 is 18.2 Å². The molecule has 2 rings (SSSR count). The molecule has 0 spiro atoms. The normalized spacial score (nSPS) is 10.5. The van der Waals surface area contributed by atoms with Crippen LogP contribution >= 0.6 is 23.2 Å².